The Labute approximate surface area is 176 Å². The first kappa shape index (κ1) is 18.8. The van der Waals surface area contributed by atoms with E-state index in [1.54, 1.807) is 23.9 Å². The smallest absolute Gasteiger partial charge is 0.257 e. The molecule has 0 unspecified atom stereocenters. The van der Waals surface area contributed by atoms with Crippen LogP contribution in [0, 0.1) is 0 Å². The number of anilines is 1. The number of hydrogen-bond acceptors (Lipinski definition) is 6. The largest absolute Gasteiger partial charge is 0.356 e. The highest BCUT2D eigenvalue weighted by atomic mass is 32.1. The van der Waals surface area contributed by atoms with Gasteiger partial charge in [0.1, 0.15) is 17.2 Å². The second-order valence-electron chi connectivity index (χ2n) is 7.67. The third-order valence-corrected chi connectivity index (χ3v) is 7.07. The van der Waals surface area contributed by atoms with Crippen molar-refractivity contribution in [1.29, 1.82) is 0 Å². The Bertz CT molecular complexity index is 1200. The molecule has 0 fully saturated rings. The summed E-state index contributed by atoms with van der Waals surface area (Å²) in [6.45, 7) is 1.03. The van der Waals surface area contributed by atoms with E-state index in [-0.39, 0.29) is 30.7 Å². The average Bonchev–Trinajstić information content (AvgIpc) is 3.31. The number of carbonyl (C=O) groups is 3. The summed E-state index contributed by atoms with van der Waals surface area (Å²) in [5, 5.41) is 5.58. The Hall–Kier alpha value is -3.20. The summed E-state index contributed by atoms with van der Waals surface area (Å²) in [6.07, 6.45) is 0.756. The number of rotatable bonds is 2. The van der Waals surface area contributed by atoms with Crippen molar-refractivity contribution >= 4 is 45.0 Å². The average molecular weight is 424 g/mol. The number of fused-ring (bicyclic) bond motifs is 4. The molecule has 0 atom stereocenters. The van der Waals surface area contributed by atoms with Gasteiger partial charge < -0.3 is 19.2 Å². The molecule has 3 aromatic rings. The monoisotopic (exact) mass is 424 g/mol. The molecule has 0 radical (unpaired) electrons. The quantitative estimate of drug-likeness (QED) is 0.629. The molecule has 0 saturated carbocycles. The van der Waals surface area contributed by atoms with Crippen LogP contribution in [0.25, 0.3) is 11.0 Å². The van der Waals surface area contributed by atoms with Crippen molar-refractivity contribution < 1.29 is 18.9 Å². The van der Waals surface area contributed by atoms with Gasteiger partial charge in [0, 0.05) is 30.9 Å². The molecular weight excluding hydrogens is 404 g/mol. The van der Waals surface area contributed by atoms with Gasteiger partial charge in [-0.2, -0.15) is 0 Å². The van der Waals surface area contributed by atoms with Gasteiger partial charge in [-0.1, -0.05) is 17.3 Å². The Balaban J connectivity index is 1.41. The first-order valence-electron chi connectivity index (χ1n) is 9.71. The van der Waals surface area contributed by atoms with Gasteiger partial charge >= 0.3 is 0 Å². The Morgan fingerprint density at radius 2 is 2.00 bits per heavy atom. The fourth-order valence-corrected chi connectivity index (χ4v) is 5.40. The molecule has 2 aliphatic rings. The number of thiophene rings is 1. The van der Waals surface area contributed by atoms with Crippen LogP contribution >= 0.6 is 11.3 Å². The third kappa shape index (κ3) is 2.88. The van der Waals surface area contributed by atoms with E-state index in [1.807, 2.05) is 24.3 Å². The molecule has 154 valence electrons. The highest BCUT2D eigenvalue weighted by Gasteiger charge is 2.36. The van der Waals surface area contributed by atoms with Crippen LogP contribution in [0.4, 0.5) is 5.00 Å². The van der Waals surface area contributed by atoms with Crippen LogP contribution in [0.1, 0.15) is 26.5 Å². The van der Waals surface area contributed by atoms with Crippen molar-refractivity contribution in [1.82, 2.24) is 15.0 Å². The highest BCUT2D eigenvalue weighted by molar-refractivity contribution is 7.17. The van der Waals surface area contributed by atoms with E-state index in [2.05, 4.69) is 5.16 Å². The Kier molecular flexibility index (Phi) is 4.35. The van der Waals surface area contributed by atoms with Crippen molar-refractivity contribution in [3.05, 3.63) is 46.0 Å². The highest BCUT2D eigenvalue weighted by Crippen LogP contribution is 2.40. The lowest BCUT2D eigenvalue weighted by Crippen LogP contribution is -2.37. The normalized spacial score (nSPS) is 16.7. The van der Waals surface area contributed by atoms with E-state index < -0.39 is 0 Å². The molecule has 0 spiro atoms. The van der Waals surface area contributed by atoms with Gasteiger partial charge in [0.2, 0.25) is 11.8 Å². The molecule has 2 aromatic heterocycles. The van der Waals surface area contributed by atoms with E-state index in [9.17, 15) is 14.4 Å². The molecule has 30 heavy (non-hydrogen) atoms. The zero-order valence-electron chi connectivity index (χ0n) is 16.7. The maximum atomic E-state index is 13.0. The summed E-state index contributed by atoms with van der Waals surface area (Å²) < 4.78 is 5.31. The molecule has 5 rings (SSSR count). The van der Waals surface area contributed by atoms with Crippen LogP contribution < -0.4 is 4.90 Å². The van der Waals surface area contributed by atoms with Crippen molar-refractivity contribution in [2.45, 2.75) is 19.4 Å². The number of aromatic nitrogens is 1. The van der Waals surface area contributed by atoms with E-state index in [4.69, 9.17) is 4.52 Å². The molecule has 3 amide bonds. The number of para-hydroxylation sites is 1. The lowest BCUT2D eigenvalue weighted by molar-refractivity contribution is -0.131. The van der Waals surface area contributed by atoms with E-state index in [1.165, 1.54) is 16.2 Å². The number of carbonyl (C=O) groups excluding carboxylic acids is 3. The minimum Gasteiger partial charge on any atom is -0.356 e. The lowest BCUT2D eigenvalue weighted by atomic mass is 10.0. The summed E-state index contributed by atoms with van der Waals surface area (Å²) >= 11 is 1.43. The van der Waals surface area contributed by atoms with Crippen molar-refractivity contribution in [2.75, 3.05) is 32.1 Å². The van der Waals surface area contributed by atoms with Gasteiger partial charge in [-0.05, 0) is 24.1 Å². The third-order valence-electron chi connectivity index (χ3n) is 5.77. The summed E-state index contributed by atoms with van der Waals surface area (Å²) in [5.74, 6) is -0.278. The summed E-state index contributed by atoms with van der Waals surface area (Å²) in [7, 11) is 3.35. The van der Waals surface area contributed by atoms with Crippen molar-refractivity contribution in [3.63, 3.8) is 0 Å². The topological polar surface area (TPSA) is 87.0 Å². The number of nitrogens with zero attached hydrogens (tertiary/aromatic N) is 4. The number of likely N-dealkylation sites (N-methyl/N-ethyl adjacent to an activating group) is 2. The molecule has 8 nitrogen and oxygen atoms in total. The second kappa shape index (κ2) is 6.94. The summed E-state index contributed by atoms with van der Waals surface area (Å²) in [5.41, 5.74) is 2.87. The summed E-state index contributed by atoms with van der Waals surface area (Å²) in [6, 6.07) is 7.49. The maximum absolute atomic E-state index is 13.0. The Morgan fingerprint density at radius 1 is 1.20 bits per heavy atom. The van der Waals surface area contributed by atoms with Crippen molar-refractivity contribution in [3.8, 4) is 0 Å². The predicted molar refractivity (Wildman–Crippen MR) is 112 cm³/mol. The van der Waals surface area contributed by atoms with Crippen LogP contribution in [0.2, 0.25) is 0 Å². The minimum atomic E-state index is -0.131. The standard InChI is InChI=1S/C21H20N4O4S/c1-23-11-18(27)24(2)21-19(20(23)28)13-7-8-25(10-16(13)30-21)17(26)9-14-12-5-3-4-6-15(12)29-22-14/h3-6H,7-11H2,1-2H3. The SMILES string of the molecule is CN1CC(=O)N(C)c2sc3c(c2C1=O)CCN(C(=O)Cc1noc2ccccc12)C3. The van der Waals surface area contributed by atoms with Gasteiger partial charge in [-0.25, -0.2) is 0 Å². The molecule has 0 bridgehead atoms. The van der Waals surface area contributed by atoms with Gasteiger partial charge in [0.15, 0.2) is 5.58 Å². The minimum absolute atomic E-state index is 0.0313. The van der Waals surface area contributed by atoms with E-state index in [0.29, 0.717) is 41.4 Å². The molecule has 1 aromatic carbocycles. The van der Waals surface area contributed by atoms with Crippen LogP contribution in [-0.2, 0) is 29.0 Å². The number of benzene rings is 1. The molecule has 0 aliphatic carbocycles. The number of amides is 3. The molecule has 0 N–H and O–H groups in total. The second-order valence-corrected chi connectivity index (χ2v) is 8.75. The van der Waals surface area contributed by atoms with Crippen LogP contribution in [-0.4, -0.2) is 59.9 Å². The van der Waals surface area contributed by atoms with Crippen LogP contribution in [0.5, 0.6) is 0 Å². The first-order valence-corrected chi connectivity index (χ1v) is 10.5. The molecular formula is C21H20N4O4S. The zero-order valence-corrected chi connectivity index (χ0v) is 17.5. The summed E-state index contributed by atoms with van der Waals surface area (Å²) in [4.78, 5) is 44.0. The molecule has 4 heterocycles. The van der Waals surface area contributed by atoms with Gasteiger partial charge in [0.25, 0.3) is 5.91 Å². The molecule has 0 saturated heterocycles. The van der Waals surface area contributed by atoms with Crippen LogP contribution in [0.15, 0.2) is 28.8 Å². The lowest BCUT2D eigenvalue weighted by Gasteiger charge is -2.27. The number of hydrogen-bond donors (Lipinski definition) is 0. The predicted octanol–water partition coefficient (Wildman–Crippen LogP) is 2.07. The van der Waals surface area contributed by atoms with Gasteiger partial charge in [-0.3, -0.25) is 14.4 Å². The van der Waals surface area contributed by atoms with E-state index in [0.717, 1.165) is 15.8 Å². The van der Waals surface area contributed by atoms with Crippen molar-refractivity contribution in [2.24, 2.45) is 0 Å². The zero-order chi connectivity index (χ0) is 21.0. The van der Waals surface area contributed by atoms with Crippen LogP contribution in [0.3, 0.4) is 0 Å². The molecule has 2 aliphatic heterocycles. The maximum Gasteiger partial charge on any atom is 0.257 e. The Morgan fingerprint density at radius 3 is 2.83 bits per heavy atom. The fourth-order valence-electron chi connectivity index (χ4n) is 4.06. The molecule has 9 heteroatoms. The fraction of sp³-hybridized carbons (Fsp3) is 0.333. The van der Waals surface area contributed by atoms with Gasteiger partial charge in [-0.15, -0.1) is 11.3 Å². The first-order chi connectivity index (χ1) is 14.4. The van der Waals surface area contributed by atoms with Gasteiger partial charge in [0.05, 0.1) is 18.5 Å². The van der Waals surface area contributed by atoms with E-state index >= 15 is 0 Å².